The minimum Gasteiger partial charge on any atom is -0.402 e. The summed E-state index contributed by atoms with van der Waals surface area (Å²) in [6, 6.07) is 10.7. The van der Waals surface area contributed by atoms with Crippen molar-refractivity contribution in [3.63, 3.8) is 0 Å². The number of nitrogens with zero attached hydrogens (tertiary/aromatic N) is 2. The van der Waals surface area contributed by atoms with E-state index in [1.807, 2.05) is 0 Å². The Hall–Kier alpha value is -2.29. The monoisotopic (exact) mass is 403 g/mol. The predicted octanol–water partition coefficient (Wildman–Crippen LogP) is 6.74. The molecule has 0 bridgehead atoms. The van der Waals surface area contributed by atoms with Crippen molar-refractivity contribution in [1.29, 1.82) is 0 Å². The summed E-state index contributed by atoms with van der Waals surface area (Å²) in [5.74, 6) is 1.69. The van der Waals surface area contributed by atoms with Gasteiger partial charge in [-0.05, 0) is 55.6 Å². The molecule has 0 atom stereocenters. The molecule has 2 aromatic rings. The molecule has 2 aliphatic carbocycles. The first kappa shape index (κ1) is 21.0. The lowest BCUT2D eigenvalue weighted by Gasteiger charge is -2.28. The van der Waals surface area contributed by atoms with Crippen LogP contribution in [-0.4, -0.2) is 9.78 Å². The Morgan fingerprint density at radius 3 is 2.43 bits per heavy atom. The Bertz CT molecular complexity index is 896. The second kappa shape index (κ2) is 9.68. The van der Waals surface area contributed by atoms with Crippen molar-refractivity contribution >= 4 is 5.57 Å². The van der Waals surface area contributed by atoms with Crippen molar-refractivity contribution in [3.05, 3.63) is 59.4 Å². The standard InChI is InChI=1S/C27H37N3/c1-3-9-25-26(23-12-8-13-24(28)18-23)27(22-10-6-5-7-11-22)29-30(25)19-21-16-14-20(4-2)15-17-21/h5-7,10-12,18,20-21H,3-4,8-9,13-17,19,28H2,1-2H3. The third kappa shape index (κ3) is 4.55. The van der Waals surface area contributed by atoms with Gasteiger partial charge in [0.15, 0.2) is 0 Å². The highest BCUT2D eigenvalue weighted by Crippen LogP contribution is 2.37. The SMILES string of the molecule is CCCc1c(C2=CCCC(N)=C2)c(-c2ccccc2)nn1CC1CCC(CC)CC1. The van der Waals surface area contributed by atoms with E-state index in [1.165, 1.54) is 54.5 Å². The molecule has 1 heterocycles. The number of benzene rings is 1. The van der Waals surface area contributed by atoms with Gasteiger partial charge in [0.05, 0.1) is 0 Å². The molecule has 0 unspecified atom stereocenters. The summed E-state index contributed by atoms with van der Waals surface area (Å²) in [6.07, 6.45) is 15.5. The Labute approximate surface area is 182 Å². The molecule has 1 fully saturated rings. The van der Waals surface area contributed by atoms with Crippen LogP contribution in [0.15, 0.2) is 48.2 Å². The topological polar surface area (TPSA) is 43.8 Å². The second-order valence-electron chi connectivity index (χ2n) is 9.18. The third-order valence-corrected chi connectivity index (χ3v) is 6.99. The molecule has 0 aliphatic heterocycles. The summed E-state index contributed by atoms with van der Waals surface area (Å²) in [4.78, 5) is 0. The zero-order chi connectivity index (χ0) is 20.9. The Morgan fingerprint density at radius 2 is 1.77 bits per heavy atom. The molecule has 3 heteroatoms. The first-order valence-corrected chi connectivity index (χ1v) is 12.0. The Balaban J connectivity index is 1.74. The number of nitrogens with two attached hydrogens (primary N) is 1. The van der Waals surface area contributed by atoms with Crippen molar-refractivity contribution < 1.29 is 0 Å². The number of hydrogen-bond acceptors (Lipinski definition) is 2. The van der Waals surface area contributed by atoms with Crippen LogP contribution in [0, 0.1) is 11.8 Å². The van der Waals surface area contributed by atoms with Crippen molar-refractivity contribution in [2.45, 2.75) is 78.2 Å². The van der Waals surface area contributed by atoms with Gasteiger partial charge < -0.3 is 5.73 Å². The van der Waals surface area contributed by atoms with Crippen molar-refractivity contribution in [3.8, 4) is 11.3 Å². The van der Waals surface area contributed by atoms with E-state index in [9.17, 15) is 0 Å². The predicted molar refractivity (Wildman–Crippen MR) is 127 cm³/mol. The number of allylic oxidation sites excluding steroid dienone is 4. The lowest BCUT2D eigenvalue weighted by molar-refractivity contribution is 0.240. The normalized spacial score (nSPS) is 21.9. The van der Waals surface area contributed by atoms with Crippen LogP contribution in [0.4, 0.5) is 0 Å². The van der Waals surface area contributed by atoms with E-state index < -0.39 is 0 Å². The van der Waals surface area contributed by atoms with Crippen LogP contribution >= 0.6 is 0 Å². The van der Waals surface area contributed by atoms with Crippen LogP contribution in [0.2, 0.25) is 0 Å². The maximum atomic E-state index is 6.25. The maximum absolute atomic E-state index is 6.25. The van der Waals surface area contributed by atoms with E-state index >= 15 is 0 Å². The lowest BCUT2D eigenvalue weighted by atomic mass is 9.81. The van der Waals surface area contributed by atoms with E-state index in [-0.39, 0.29) is 0 Å². The van der Waals surface area contributed by atoms with Crippen molar-refractivity contribution in [1.82, 2.24) is 9.78 Å². The smallest absolute Gasteiger partial charge is 0.100 e. The van der Waals surface area contributed by atoms with Crippen molar-refractivity contribution in [2.75, 3.05) is 0 Å². The lowest BCUT2D eigenvalue weighted by Crippen LogP contribution is -2.20. The first-order valence-electron chi connectivity index (χ1n) is 12.0. The maximum Gasteiger partial charge on any atom is 0.100 e. The van der Waals surface area contributed by atoms with Crippen LogP contribution in [0.3, 0.4) is 0 Å². The number of aromatic nitrogens is 2. The molecule has 160 valence electrons. The molecule has 1 saturated carbocycles. The van der Waals surface area contributed by atoms with E-state index in [2.05, 4.69) is 61.0 Å². The fourth-order valence-electron chi connectivity index (χ4n) is 5.21. The molecule has 0 spiro atoms. The molecule has 4 rings (SSSR count). The van der Waals surface area contributed by atoms with Crippen molar-refractivity contribution in [2.24, 2.45) is 17.6 Å². The number of hydrogen-bond donors (Lipinski definition) is 1. The van der Waals surface area contributed by atoms with E-state index in [0.29, 0.717) is 0 Å². The van der Waals surface area contributed by atoms with Crippen LogP contribution in [-0.2, 0) is 13.0 Å². The molecule has 3 nitrogen and oxygen atoms in total. The summed E-state index contributed by atoms with van der Waals surface area (Å²) in [6.45, 7) is 5.67. The van der Waals surface area contributed by atoms with Crippen LogP contribution in [0.1, 0.15) is 76.5 Å². The Morgan fingerprint density at radius 1 is 1.03 bits per heavy atom. The molecule has 0 saturated heterocycles. The first-order chi connectivity index (χ1) is 14.7. The quantitative estimate of drug-likeness (QED) is 0.556. The fraction of sp³-hybridized carbons (Fsp3) is 0.519. The minimum atomic E-state index is 0.751. The largest absolute Gasteiger partial charge is 0.402 e. The molecule has 0 amide bonds. The summed E-state index contributed by atoms with van der Waals surface area (Å²) >= 11 is 0. The highest BCUT2D eigenvalue weighted by molar-refractivity contribution is 5.86. The molecule has 1 aromatic heterocycles. The molecule has 30 heavy (non-hydrogen) atoms. The molecule has 2 aliphatic rings. The van der Waals surface area contributed by atoms with E-state index in [4.69, 9.17) is 10.8 Å². The van der Waals surface area contributed by atoms with Gasteiger partial charge in [0, 0.05) is 29.1 Å². The van der Waals surface area contributed by atoms with E-state index in [0.717, 1.165) is 55.5 Å². The molecular formula is C27H37N3. The van der Waals surface area contributed by atoms with E-state index in [1.54, 1.807) is 0 Å². The van der Waals surface area contributed by atoms with Gasteiger partial charge in [-0.25, -0.2) is 0 Å². The fourth-order valence-corrected chi connectivity index (χ4v) is 5.21. The highest BCUT2D eigenvalue weighted by Gasteiger charge is 2.25. The molecule has 0 radical (unpaired) electrons. The number of rotatable bonds is 7. The van der Waals surface area contributed by atoms with Crippen LogP contribution in [0.5, 0.6) is 0 Å². The van der Waals surface area contributed by atoms with Gasteiger partial charge >= 0.3 is 0 Å². The Kier molecular flexibility index (Phi) is 6.76. The van der Waals surface area contributed by atoms with Gasteiger partial charge in [-0.3, -0.25) is 4.68 Å². The highest BCUT2D eigenvalue weighted by atomic mass is 15.3. The molecule has 2 N–H and O–H groups in total. The van der Waals surface area contributed by atoms with Gasteiger partial charge in [0.25, 0.3) is 0 Å². The molecule has 1 aromatic carbocycles. The van der Waals surface area contributed by atoms with Crippen LogP contribution in [0.25, 0.3) is 16.8 Å². The average molecular weight is 404 g/mol. The zero-order valence-corrected chi connectivity index (χ0v) is 18.7. The van der Waals surface area contributed by atoms with Crippen LogP contribution < -0.4 is 5.73 Å². The van der Waals surface area contributed by atoms with Gasteiger partial charge in [0.1, 0.15) is 5.69 Å². The van der Waals surface area contributed by atoms with Gasteiger partial charge in [-0.2, -0.15) is 5.10 Å². The zero-order valence-electron chi connectivity index (χ0n) is 18.7. The second-order valence-corrected chi connectivity index (χ2v) is 9.18. The summed E-state index contributed by atoms with van der Waals surface area (Å²) in [5, 5.41) is 5.24. The average Bonchev–Trinajstić information content (AvgIpc) is 3.13. The molecular weight excluding hydrogens is 366 g/mol. The van der Waals surface area contributed by atoms with Gasteiger partial charge in [-0.15, -0.1) is 0 Å². The van der Waals surface area contributed by atoms with Gasteiger partial charge in [0.2, 0.25) is 0 Å². The summed E-state index contributed by atoms with van der Waals surface area (Å²) < 4.78 is 2.36. The minimum absolute atomic E-state index is 0.751. The summed E-state index contributed by atoms with van der Waals surface area (Å²) in [7, 11) is 0. The van der Waals surface area contributed by atoms with Gasteiger partial charge in [-0.1, -0.05) is 75.9 Å². The third-order valence-electron chi connectivity index (χ3n) is 6.99. The summed E-state index contributed by atoms with van der Waals surface area (Å²) in [5.41, 5.74) is 13.5.